The number of carbonyl (C=O) groups is 1. The Morgan fingerprint density at radius 2 is 1.93 bits per heavy atom. The summed E-state index contributed by atoms with van der Waals surface area (Å²) < 4.78 is 0. The lowest BCUT2D eigenvalue weighted by atomic mass is 9.83. The molecule has 2 fully saturated rings. The van der Waals surface area contributed by atoms with Crippen molar-refractivity contribution in [3.63, 3.8) is 0 Å². The summed E-state index contributed by atoms with van der Waals surface area (Å²) in [6.45, 7) is 5.76. The molecule has 1 aliphatic heterocycles. The van der Waals surface area contributed by atoms with E-state index >= 15 is 0 Å². The molecule has 1 aliphatic carbocycles. The first kappa shape index (κ1) is 20.7. The summed E-state index contributed by atoms with van der Waals surface area (Å²) in [6, 6.07) is 8.42. The van der Waals surface area contributed by atoms with Crippen molar-refractivity contribution in [2.75, 3.05) is 27.2 Å². The van der Waals surface area contributed by atoms with Crippen LogP contribution < -0.4 is 5.32 Å². The van der Waals surface area contributed by atoms with Crippen LogP contribution in [-0.4, -0.2) is 48.9 Å². The van der Waals surface area contributed by atoms with E-state index in [4.69, 9.17) is 0 Å². The van der Waals surface area contributed by atoms with Gasteiger partial charge in [-0.1, -0.05) is 44.0 Å². The van der Waals surface area contributed by atoms with E-state index in [1.54, 1.807) is 0 Å². The second kappa shape index (κ2) is 9.94. The zero-order valence-corrected chi connectivity index (χ0v) is 17.8. The molecule has 1 saturated carbocycles. The first-order valence-corrected chi connectivity index (χ1v) is 10.8. The fourth-order valence-electron chi connectivity index (χ4n) is 4.51. The molecule has 5 nitrogen and oxygen atoms in total. The van der Waals surface area contributed by atoms with Gasteiger partial charge in [-0.25, -0.2) is 0 Å². The lowest BCUT2D eigenvalue weighted by Gasteiger charge is -2.31. The Morgan fingerprint density at radius 3 is 2.57 bits per heavy atom. The third-order valence-electron chi connectivity index (χ3n) is 6.33. The van der Waals surface area contributed by atoms with Crippen LogP contribution in [0.4, 0.5) is 0 Å². The van der Waals surface area contributed by atoms with Gasteiger partial charge in [0.15, 0.2) is 5.96 Å². The van der Waals surface area contributed by atoms with Crippen LogP contribution in [0, 0.1) is 11.8 Å². The predicted molar refractivity (Wildman–Crippen MR) is 115 cm³/mol. The van der Waals surface area contributed by atoms with E-state index in [1.165, 1.54) is 36.8 Å². The topological polar surface area (TPSA) is 47.9 Å². The van der Waals surface area contributed by atoms with Crippen molar-refractivity contribution in [2.24, 2.45) is 16.8 Å². The number of guanidine groups is 1. The monoisotopic (exact) mass is 384 g/mol. The molecular weight excluding hydrogens is 348 g/mol. The standard InChI is InChI=1S/C23H36N4O/c1-18-10-12-19(13-11-18)16-26(3)23(24-2)25-15-20-7-4-5-8-21(20)17-27-14-6-9-22(27)28/h4-5,7-8,18-19H,6,9-17H2,1-3H3,(H,24,25). The molecule has 0 spiro atoms. The van der Waals surface area contributed by atoms with Gasteiger partial charge < -0.3 is 15.1 Å². The van der Waals surface area contributed by atoms with Crippen molar-refractivity contribution in [3.05, 3.63) is 35.4 Å². The number of aliphatic imine (C=N–C) groups is 1. The normalized spacial score (nSPS) is 23.2. The Labute approximate surface area is 170 Å². The quantitative estimate of drug-likeness (QED) is 0.602. The Hall–Kier alpha value is -2.04. The molecule has 1 amide bonds. The number of hydrogen-bond donors (Lipinski definition) is 1. The highest BCUT2D eigenvalue weighted by molar-refractivity contribution is 5.79. The summed E-state index contributed by atoms with van der Waals surface area (Å²) in [4.78, 5) is 20.7. The lowest BCUT2D eigenvalue weighted by Crippen LogP contribution is -2.41. The second-order valence-electron chi connectivity index (χ2n) is 8.59. The third kappa shape index (κ3) is 5.49. The van der Waals surface area contributed by atoms with Crippen molar-refractivity contribution in [2.45, 2.75) is 58.5 Å². The molecule has 1 heterocycles. The maximum Gasteiger partial charge on any atom is 0.222 e. The van der Waals surface area contributed by atoms with Gasteiger partial charge in [0.2, 0.25) is 5.91 Å². The number of carbonyl (C=O) groups excluding carboxylic acids is 1. The Bertz CT molecular complexity index is 679. The molecule has 1 saturated heterocycles. The molecule has 0 bridgehead atoms. The average molecular weight is 385 g/mol. The zero-order valence-electron chi connectivity index (χ0n) is 17.8. The third-order valence-corrected chi connectivity index (χ3v) is 6.33. The van der Waals surface area contributed by atoms with Gasteiger partial charge in [0, 0.05) is 46.7 Å². The first-order valence-electron chi connectivity index (χ1n) is 10.8. The molecule has 0 aromatic heterocycles. The highest BCUT2D eigenvalue weighted by atomic mass is 16.2. The van der Waals surface area contributed by atoms with E-state index in [0.717, 1.165) is 43.9 Å². The minimum Gasteiger partial charge on any atom is -0.352 e. The molecule has 154 valence electrons. The number of amides is 1. The van der Waals surface area contributed by atoms with Crippen molar-refractivity contribution >= 4 is 11.9 Å². The predicted octanol–water partition coefficient (Wildman–Crippen LogP) is 3.64. The fourth-order valence-corrected chi connectivity index (χ4v) is 4.51. The van der Waals surface area contributed by atoms with Gasteiger partial charge in [0.25, 0.3) is 0 Å². The van der Waals surface area contributed by atoms with Crippen LogP contribution in [-0.2, 0) is 17.9 Å². The van der Waals surface area contributed by atoms with E-state index in [1.807, 2.05) is 11.9 Å². The molecule has 0 radical (unpaired) electrons. The molecule has 28 heavy (non-hydrogen) atoms. The van der Waals surface area contributed by atoms with Gasteiger partial charge in [0.05, 0.1) is 0 Å². The highest BCUT2D eigenvalue weighted by Gasteiger charge is 2.22. The molecule has 5 heteroatoms. The lowest BCUT2D eigenvalue weighted by molar-refractivity contribution is -0.128. The maximum atomic E-state index is 12.0. The van der Waals surface area contributed by atoms with Crippen LogP contribution in [0.15, 0.2) is 29.3 Å². The van der Waals surface area contributed by atoms with Crippen LogP contribution in [0.1, 0.15) is 56.6 Å². The number of nitrogens with one attached hydrogen (secondary N) is 1. The maximum absolute atomic E-state index is 12.0. The summed E-state index contributed by atoms with van der Waals surface area (Å²) in [5.74, 6) is 2.89. The van der Waals surface area contributed by atoms with Crippen molar-refractivity contribution < 1.29 is 4.79 Å². The smallest absolute Gasteiger partial charge is 0.222 e. The van der Waals surface area contributed by atoms with Gasteiger partial charge in [-0.05, 0) is 42.2 Å². The van der Waals surface area contributed by atoms with E-state index < -0.39 is 0 Å². The van der Waals surface area contributed by atoms with Crippen molar-refractivity contribution in [1.82, 2.24) is 15.1 Å². The SMILES string of the molecule is CN=C(NCc1ccccc1CN1CCCC1=O)N(C)CC1CCC(C)CC1. The summed E-state index contributed by atoms with van der Waals surface area (Å²) in [6.07, 6.45) is 7.04. The van der Waals surface area contributed by atoms with Gasteiger partial charge in [0.1, 0.15) is 0 Å². The van der Waals surface area contributed by atoms with E-state index in [2.05, 4.69) is 53.4 Å². The van der Waals surface area contributed by atoms with Crippen LogP contribution in [0.3, 0.4) is 0 Å². The number of hydrogen-bond acceptors (Lipinski definition) is 2. The van der Waals surface area contributed by atoms with Crippen LogP contribution in [0.5, 0.6) is 0 Å². The molecule has 1 aromatic rings. The number of likely N-dealkylation sites (tertiary alicyclic amines) is 1. The average Bonchev–Trinajstić information content (AvgIpc) is 3.10. The molecular formula is C23H36N4O. The number of nitrogens with zero attached hydrogens (tertiary/aromatic N) is 3. The largest absolute Gasteiger partial charge is 0.352 e. The number of rotatable bonds is 6. The summed E-state index contributed by atoms with van der Waals surface area (Å²) >= 11 is 0. The van der Waals surface area contributed by atoms with Gasteiger partial charge in [-0.15, -0.1) is 0 Å². The zero-order chi connectivity index (χ0) is 19.9. The van der Waals surface area contributed by atoms with E-state index in [0.29, 0.717) is 13.0 Å². The summed E-state index contributed by atoms with van der Waals surface area (Å²) in [7, 11) is 4.00. The van der Waals surface area contributed by atoms with Gasteiger partial charge in [-0.2, -0.15) is 0 Å². The summed E-state index contributed by atoms with van der Waals surface area (Å²) in [5, 5.41) is 3.53. The first-order chi connectivity index (χ1) is 13.6. The minimum absolute atomic E-state index is 0.278. The van der Waals surface area contributed by atoms with Crippen LogP contribution in [0.2, 0.25) is 0 Å². The second-order valence-corrected chi connectivity index (χ2v) is 8.59. The molecule has 0 atom stereocenters. The van der Waals surface area contributed by atoms with Gasteiger partial charge >= 0.3 is 0 Å². The molecule has 3 rings (SSSR count). The molecule has 1 N–H and O–H groups in total. The number of benzene rings is 1. The van der Waals surface area contributed by atoms with E-state index in [-0.39, 0.29) is 5.91 Å². The Morgan fingerprint density at radius 1 is 1.21 bits per heavy atom. The summed E-state index contributed by atoms with van der Waals surface area (Å²) in [5.41, 5.74) is 2.47. The minimum atomic E-state index is 0.278. The molecule has 0 unspecified atom stereocenters. The van der Waals surface area contributed by atoms with Crippen molar-refractivity contribution in [3.8, 4) is 0 Å². The van der Waals surface area contributed by atoms with Gasteiger partial charge in [-0.3, -0.25) is 9.79 Å². The Kier molecular flexibility index (Phi) is 7.35. The Balaban J connectivity index is 1.55. The molecule has 2 aliphatic rings. The fraction of sp³-hybridized carbons (Fsp3) is 0.652. The molecule has 1 aromatic carbocycles. The van der Waals surface area contributed by atoms with Crippen molar-refractivity contribution in [1.29, 1.82) is 0 Å². The highest BCUT2D eigenvalue weighted by Crippen LogP contribution is 2.28. The van der Waals surface area contributed by atoms with E-state index in [9.17, 15) is 4.79 Å². The van der Waals surface area contributed by atoms with Crippen LogP contribution >= 0.6 is 0 Å². The van der Waals surface area contributed by atoms with Crippen LogP contribution in [0.25, 0.3) is 0 Å².